The molecule has 0 saturated heterocycles. The Hall–Kier alpha value is -1.03. The van der Waals surface area contributed by atoms with E-state index in [9.17, 15) is 0 Å². The van der Waals surface area contributed by atoms with Gasteiger partial charge in [0.15, 0.2) is 0 Å². The standard InChI is InChI=1S/C15H22BrN3/c1-14(2,3)9-15(4,5)19-12-8-10(16)6-7-11(12)18-13(19)17/h6-8H,9H2,1-5H3,(H2,17,18). The number of nitrogens with two attached hydrogens (primary N) is 1. The van der Waals surface area contributed by atoms with Crippen molar-refractivity contribution in [2.45, 2.75) is 46.6 Å². The molecule has 1 aromatic carbocycles. The molecule has 19 heavy (non-hydrogen) atoms. The molecule has 0 unspecified atom stereocenters. The monoisotopic (exact) mass is 323 g/mol. The van der Waals surface area contributed by atoms with Crippen LogP contribution in [0.1, 0.15) is 41.0 Å². The predicted molar refractivity (Wildman–Crippen MR) is 85.2 cm³/mol. The first-order chi connectivity index (χ1) is 8.60. The number of aromatic nitrogens is 2. The molecule has 0 saturated carbocycles. The van der Waals surface area contributed by atoms with Gasteiger partial charge in [-0.3, -0.25) is 0 Å². The number of rotatable bonds is 2. The molecule has 1 aromatic heterocycles. The highest BCUT2D eigenvalue weighted by atomic mass is 79.9. The maximum atomic E-state index is 6.14. The van der Waals surface area contributed by atoms with Gasteiger partial charge in [0.2, 0.25) is 5.95 Å². The number of hydrogen-bond donors (Lipinski definition) is 1. The molecule has 4 heteroatoms. The third-order valence-corrected chi connectivity index (χ3v) is 3.70. The van der Waals surface area contributed by atoms with E-state index in [1.165, 1.54) is 0 Å². The van der Waals surface area contributed by atoms with Gasteiger partial charge in [-0.1, -0.05) is 36.7 Å². The van der Waals surface area contributed by atoms with Crippen LogP contribution in [0, 0.1) is 5.41 Å². The average Bonchev–Trinajstić information content (AvgIpc) is 2.49. The van der Waals surface area contributed by atoms with Crippen molar-refractivity contribution in [1.82, 2.24) is 9.55 Å². The number of anilines is 1. The second kappa shape index (κ2) is 4.51. The van der Waals surface area contributed by atoms with Crippen molar-refractivity contribution >= 4 is 32.9 Å². The van der Waals surface area contributed by atoms with Crippen LogP contribution >= 0.6 is 15.9 Å². The van der Waals surface area contributed by atoms with Crippen molar-refractivity contribution in [1.29, 1.82) is 0 Å². The molecule has 0 amide bonds. The normalized spacial score (nSPS) is 13.2. The second-order valence-corrected chi connectivity index (χ2v) is 7.90. The van der Waals surface area contributed by atoms with Crippen LogP contribution in [0.15, 0.2) is 22.7 Å². The topological polar surface area (TPSA) is 43.8 Å². The first-order valence-corrected chi connectivity index (χ1v) is 7.33. The minimum atomic E-state index is -0.0716. The summed E-state index contributed by atoms with van der Waals surface area (Å²) >= 11 is 3.52. The fraction of sp³-hybridized carbons (Fsp3) is 0.533. The second-order valence-electron chi connectivity index (χ2n) is 6.99. The third kappa shape index (κ3) is 2.94. The highest BCUT2D eigenvalue weighted by Gasteiger charge is 2.30. The Labute approximate surface area is 123 Å². The van der Waals surface area contributed by atoms with E-state index in [0.717, 1.165) is 21.9 Å². The lowest BCUT2D eigenvalue weighted by Gasteiger charge is -2.34. The van der Waals surface area contributed by atoms with Gasteiger partial charge in [-0.2, -0.15) is 0 Å². The van der Waals surface area contributed by atoms with E-state index in [2.05, 4.69) is 66.2 Å². The van der Waals surface area contributed by atoms with Gasteiger partial charge in [0.05, 0.1) is 11.0 Å². The number of fused-ring (bicyclic) bond motifs is 1. The lowest BCUT2D eigenvalue weighted by Crippen LogP contribution is -2.32. The Kier molecular flexibility index (Phi) is 3.42. The Morgan fingerprint density at radius 3 is 2.42 bits per heavy atom. The molecule has 0 atom stereocenters. The number of nitrogen functional groups attached to an aromatic ring is 1. The van der Waals surface area contributed by atoms with Gasteiger partial charge in [-0.25, -0.2) is 4.98 Å². The van der Waals surface area contributed by atoms with E-state index in [-0.39, 0.29) is 11.0 Å². The lowest BCUT2D eigenvalue weighted by atomic mass is 9.81. The van der Waals surface area contributed by atoms with Crippen LogP contribution in [0.3, 0.4) is 0 Å². The van der Waals surface area contributed by atoms with Crippen molar-refractivity contribution < 1.29 is 0 Å². The Morgan fingerprint density at radius 1 is 1.21 bits per heavy atom. The number of nitrogens with zero attached hydrogens (tertiary/aromatic N) is 2. The maximum absolute atomic E-state index is 6.14. The molecule has 2 rings (SSSR count). The Balaban J connectivity index is 2.61. The molecule has 2 aromatic rings. The van der Waals surface area contributed by atoms with E-state index >= 15 is 0 Å². The van der Waals surface area contributed by atoms with Gasteiger partial charge in [0.25, 0.3) is 0 Å². The zero-order valence-corrected chi connectivity index (χ0v) is 13.9. The molecule has 3 nitrogen and oxygen atoms in total. The highest BCUT2D eigenvalue weighted by Crippen LogP contribution is 2.36. The molecule has 104 valence electrons. The Morgan fingerprint density at radius 2 is 1.84 bits per heavy atom. The van der Waals surface area contributed by atoms with Crippen LogP contribution < -0.4 is 5.73 Å². The van der Waals surface area contributed by atoms with Crippen molar-refractivity contribution in [2.75, 3.05) is 5.73 Å². The largest absolute Gasteiger partial charge is 0.369 e. The van der Waals surface area contributed by atoms with Gasteiger partial charge in [0.1, 0.15) is 0 Å². The first-order valence-electron chi connectivity index (χ1n) is 6.54. The Bertz CT molecular complexity index is 606. The summed E-state index contributed by atoms with van der Waals surface area (Å²) in [6.45, 7) is 11.2. The van der Waals surface area contributed by atoms with Crippen LogP contribution in [0.5, 0.6) is 0 Å². The first kappa shape index (κ1) is 14.4. The smallest absolute Gasteiger partial charge is 0.201 e. The van der Waals surface area contributed by atoms with Gasteiger partial charge < -0.3 is 10.3 Å². The van der Waals surface area contributed by atoms with Gasteiger partial charge in [-0.05, 0) is 43.9 Å². The van der Waals surface area contributed by atoms with Crippen molar-refractivity contribution in [2.24, 2.45) is 5.41 Å². The number of hydrogen-bond acceptors (Lipinski definition) is 2. The summed E-state index contributed by atoms with van der Waals surface area (Å²) < 4.78 is 3.20. The van der Waals surface area contributed by atoms with Gasteiger partial charge in [0, 0.05) is 10.0 Å². The molecule has 0 radical (unpaired) electrons. The number of imidazole rings is 1. The molecule has 0 bridgehead atoms. The molecule has 0 spiro atoms. The SMILES string of the molecule is CC(C)(C)CC(C)(C)n1c(N)nc2ccc(Br)cc21. The van der Waals surface area contributed by atoms with Crippen LogP contribution in [0.25, 0.3) is 11.0 Å². The lowest BCUT2D eigenvalue weighted by molar-refractivity contribution is 0.222. The molecule has 0 aliphatic heterocycles. The maximum Gasteiger partial charge on any atom is 0.201 e. The summed E-state index contributed by atoms with van der Waals surface area (Å²) in [7, 11) is 0. The van der Waals surface area contributed by atoms with E-state index in [1.54, 1.807) is 0 Å². The molecule has 2 N–H and O–H groups in total. The van der Waals surface area contributed by atoms with Crippen LogP contribution in [0.4, 0.5) is 5.95 Å². The van der Waals surface area contributed by atoms with E-state index in [4.69, 9.17) is 5.73 Å². The average molecular weight is 324 g/mol. The minimum Gasteiger partial charge on any atom is -0.369 e. The summed E-state index contributed by atoms with van der Waals surface area (Å²) in [6, 6.07) is 6.08. The van der Waals surface area contributed by atoms with Crippen LogP contribution in [-0.4, -0.2) is 9.55 Å². The predicted octanol–water partition coefficient (Wildman–Crippen LogP) is 4.55. The zero-order chi connectivity index (χ0) is 14.4. The highest BCUT2D eigenvalue weighted by molar-refractivity contribution is 9.10. The summed E-state index contributed by atoms with van der Waals surface area (Å²) in [5, 5.41) is 0. The van der Waals surface area contributed by atoms with Crippen molar-refractivity contribution in [3.63, 3.8) is 0 Å². The van der Waals surface area contributed by atoms with E-state index in [0.29, 0.717) is 5.95 Å². The van der Waals surface area contributed by atoms with E-state index in [1.807, 2.05) is 12.1 Å². The number of halogens is 1. The van der Waals surface area contributed by atoms with Gasteiger partial charge in [-0.15, -0.1) is 0 Å². The minimum absolute atomic E-state index is 0.0716. The fourth-order valence-electron chi connectivity index (χ4n) is 3.08. The summed E-state index contributed by atoms with van der Waals surface area (Å²) in [6.07, 6.45) is 1.03. The molecule has 1 heterocycles. The van der Waals surface area contributed by atoms with Crippen molar-refractivity contribution in [3.8, 4) is 0 Å². The third-order valence-electron chi connectivity index (χ3n) is 3.21. The van der Waals surface area contributed by atoms with Crippen LogP contribution in [0.2, 0.25) is 0 Å². The van der Waals surface area contributed by atoms with Crippen molar-refractivity contribution in [3.05, 3.63) is 22.7 Å². The molecular formula is C15H22BrN3. The number of benzene rings is 1. The summed E-state index contributed by atoms with van der Waals surface area (Å²) in [5.41, 5.74) is 8.34. The molecule has 0 aliphatic carbocycles. The van der Waals surface area contributed by atoms with Gasteiger partial charge >= 0.3 is 0 Å². The molecule has 0 aliphatic rings. The van der Waals surface area contributed by atoms with E-state index < -0.39 is 0 Å². The zero-order valence-electron chi connectivity index (χ0n) is 12.3. The quantitative estimate of drug-likeness (QED) is 0.880. The molecule has 0 fully saturated rings. The molecular weight excluding hydrogens is 302 g/mol. The van der Waals surface area contributed by atoms with Crippen LogP contribution in [-0.2, 0) is 5.54 Å². The fourth-order valence-corrected chi connectivity index (χ4v) is 3.43. The summed E-state index contributed by atoms with van der Waals surface area (Å²) in [4.78, 5) is 4.47. The summed E-state index contributed by atoms with van der Waals surface area (Å²) in [5.74, 6) is 0.586.